The molecule has 1 aliphatic rings. The molecule has 1 N–H and O–H groups in total. The topological polar surface area (TPSA) is 123 Å². The summed E-state index contributed by atoms with van der Waals surface area (Å²) >= 11 is 0.936. The number of ether oxygens (including phenoxy) is 1. The summed E-state index contributed by atoms with van der Waals surface area (Å²) in [6.45, 7) is 1.64. The number of amides is 1. The molecule has 2 rings (SSSR count). The number of hydrogen-bond donors (Lipinski definition) is 1. The van der Waals surface area contributed by atoms with E-state index in [1.54, 1.807) is 19.1 Å². The third-order valence-corrected chi connectivity index (χ3v) is 3.79. The van der Waals surface area contributed by atoms with Crippen molar-refractivity contribution in [2.75, 3.05) is 7.11 Å². The average molecular weight is 348 g/mol. The summed E-state index contributed by atoms with van der Waals surface area (Å²) in [4.78, 5) is 33.3. The molecule has 10 heteroatoms. The van der Waals surface area contributed by atoms with Crippen molar-refractivity contribution in [3.63, 3.8) is 0 Å². The van der Waals surface area contributed by atoms with Crippen molar-refractivity contribution in [1.29, 1.82) is 0 Å². The number of methoxy groups -OCH3 is 1. The molecule has 1 aromatic carbocycles. The number of amidine groups is 1. The molecule has 0 radical (unpaired) electrons. The number of nitro groups is 1. The van der Waals surface area contributed by atoms with E-state index >= 15 is 0 Å². The number of esters is 1. The number of aryl methyl sites for hydroxylation is 1. The maximum Gasteiger partial charge on any atom is 0.331 e. The van der Waals surface area contributed by atoms with Crippen molar-refractivity contribution < 1.29 is 19.2 Å². The second kappa shape index (κ2) is 7.51. The fraction of sp³-hybridized carbons (Fsp3) is 0.143. The minimum Gasteiger partial charge on any atom is -0.466 e. The lowest BCUT2D eigenvalue weighted by molar-refractivity contribution is -0.385. The van der Waals surface area contributed by atoms with Crippen LogP contribution in [0.15, 0.2) is 39.4 Å². The Morgan fingerprint density at radius 2 is 2.21 bits per heavy atom. The van der Waals surface area contributed by atoms with E-state index in [9.17, 15) is 19.7 Å². The Labute approximate surface area is 140 Å². The first-order chi connectivity index (χ1) is 11.4. The maximum atomic E-state index is 11.6. The quantitative estimate of drug-likeness (QED) is 0.289. The Morgan fingerprint density at radius 3 is 2.88 bits per heavy atom. The first kappa shape index (κ1) is 17.3. The lowest BCUT2D eigenvalue weighted by Gasteiger charge is -1.97. The van der Waals surface area contributed by atoms with Gasteiger partial charge in [0.25, 0.3) is 11.6 Å². The molecule has 1 saturated heterocycles. The molecule has 1 heterocycles. The van der Waals surface area contributed by atoms with Gasteiger partial charge in [0.15, 0.2) is 5.17 Å². The monoisotopic (exact) mass is 348 g/mol. The third-order valence-electron chi connectivity index (χ3n) is 2.89. The van der Waals surface area contributed by atoms with Gasteiger partial charge in [0.2, 0.25) is 0 Å². The van der Waals surface area contributed by atoms with Crippen LogP contribution in [0, 0.1) is 17.0 Å². The molecular weight excluding hydrogens is 336 g/mol. The Hall–Kier alpha value is -3.01. The van der Waals surface area contributed by atoms with Gasteiger partial charge >= 0.3 is 5.97 Å². The highest BCUT2D eigenvalue weighted by Gasteiger charge is 2.25. The highest BCUT2D eigenvalue weighted by atomic mass is 32.2. The summed E-state index contributed by atoms with van der Waals surface area (Å²) < 4.78 is 4.44. The van der Waals surface area contributed by atoms with E-state index in [1.807, 2.05) is 0 Å². The number of rotatable bonds is 4. The van der Waals surface area contributed by atoms with E-state index in [-0.39, 0.29) is 15.8 Å². The first-order valence-corrected chi connectivity index (χ1v) is 7.37. The molecule has 0 spiro atoms. The fourth-order valence-corrected chi connectivity index (χ4v) is 2.43. The van der Waals surface area contributed by atoms with Gasteiger partial charge in [0, 0.05) is 23.3 Å². The van der Waals surface area contributed by atoms with Crippen molar-refractivity contribution in [3.8, 4) is 0 Å². The maximum absolute atomic E-state index is 11.6. The Kier molecular flexibility index (Phi) is 5.42. The fourth-order valence-electron chi connectivity index (χ4n) is 1.69. The number of nitro benzene ring substituents is 1. The van der Waals surface area contributed by atoms with Crippen LogP contribution in [-0.4, -0.2) is 35.3 Å². The zero-order valence-corrected chi connectivity index (χ0v) is 13.5. The van der Waals surface area contributed by atoms with Crippen molar-refractivity contribution in [2.24, 2.45) is 10.2 Å². The normalized spacial score (nSPS) is 17.5. The lowest BCUT2D eigenvalue weighted by Crippen LogP contribution is -2.19. The molecule has 0 bridgehead atoms. The number of nitrogens with one attached hydrogen (secondary N) is 1. The SMILES string of the molecule is COC(=O)/C=C1/S/C(=N\N=Cc2ccc(C)c([N+](=O)[O-])c2)NC1=O. The molecule has 124 valence electrons. The second-order valence-electron chi connectivity index (χ2n) is 4.54. The molecule has 1 fully saturated rings. The molecule has 24 heavy (non-hydrogen) atoms. The molecule has 1 aliphatic heterocycles. The predicted molar refractivity (Wildman–Crippen MR) is 88.7 cm³/mol. The van der Waals surface area contributed by atoms with Gasteiger partial charge in [-0.15, -0.1) is 5.10 Å². The van der Waals surface area contributed by atoms with E-state index in [2.05, 4.69) is 20.3 Å². The number of thioether (sulfide) groups is 1. The van der Waals surface area contributed by atoms with Crippen LogP contribution < -0.4 is 5.32 Å². The molecule has 0 aliphatic carbocycles. The largest absolute Gasteiger partial charge is 0.466 e. The summed E-state index contributed by atoms with van der Waals surface area (Å²) in [5, 5.41) is 21.1. The van der Waals surface area contributed by atoms with Gasteiger partial charge in [-0.3, -0.25) is 20.2 Å². The summed E-state index contributed by atoms with van der Waals surface area (Å²) in [5.74, 6) is -1.13. The third kappa shape index (κ3) is 4.26. The van der Waals surface area contributed by atoms with Crippen molar-refractivity contribution in [2.45, 2.75) is 6.92 Å². The number of hydrogen-bond acceptors (Lipinski definition) is 8. The van der Waals surface area contributed by atoms with Gasteiger partial charge in [-0.05, 0) is 18.7 Å². The van der Waals surface area contributed by atoms with Crippen molar-refractivity contribution in [3.05, 3.63) is 50.4 Å². The summed E-state index contributed by atoms with van der Waals surface area (Å²) in [7, 11) is 1.21. The first-order valence-electron chi connectivity index (χ1n) is 6.55. The highest BCUT2D eigenvalue weighted by molar-refractivity contribution is 8.18. The summed E-state index contributed by atoms with van der Waals surface area (Å²) in [6, 6.07) is 4.65. The van der Waals surface area contributed by atoms with Crippen LogP contribution in [0.3, 0.4) is 0 Å². The van der Waals surface area contributed by atoms with E-state index in [1.165, 1.54) is 19.4 Å². The number of carbonyl (C=O) groups excluding carboxylic acids is 2. The van der Waals surface area contributed by atoms with Crippen molar-refractivity contribution >= 4 is 40.7 Å². The van der Waals surface area contributed by atoms with Crippen molar-refractivity contribution in [1.82, 2.24) is 5.32 Å². The molecule has 0 aromatic heterocycles. The number of nitrogens with zero attached hydrogens (tertiary/aromatic N) is 3. The number of carbonyl (C=O) groups is 2. The van der Waals surface area contributed by atoms with Crippen LogP contribution in [0.4, 0.5) is 5.69 Å². The van der Waals surface area contributed by atoms with Gasteiger partial charge in [0.1, 0.15) is 0 Å². The van der Waals surface area contributed by atoms with Gasteiger partial charge < -0.3 is 4.74 Å². The van der Waals surface area contributed by atoms with Crippen LogP contribution in [0.1, 0.15) is 11.1 Å². The zero-order chi connectivity index (χ0) is 17.7. The van der Waals surface area contributed by atoms with E-state index in [0.29, 0.717) is 11.1 Å². The van der Waals surface area contributed by atoms with E-state index in [4.69, 9.17) is 0 Å². The van der Waals surface area contributed by atoms with E-state index < -0.39 is 16.8 Å². The van der Waals surface area contributed by atoms with Gasteiger partial charge in [-0.2, -0.15) is 5.10 Å². The molecule has 1 aromatic rings. The van der Waals surface area contributed by atoms with Crippen LogP contribution in [0.25, 0.3) is 0 Å². The molecule has 0 atom stereocenters. The van der Waals surface area contributed by atoms with Gasteiger partial charge in [-0.25, -0.2) is 4.79 Å². The number of benzene rings is 1. The van der Waals surface area contributed by atoms with Crippen LogP contribution in [-0.2, 0) is 14.3 Å². The van der Waals surface area contributed by atoms with Crippen LogP contribution in [0.5, 0.6) is 0 Å². The van der Waals surface area contributed by atoms with E-state index in [0.717, 1.165) is 17.8 Å². The molecule has 9 nitrogen and oxygen atoms in total. The Morgan fingerprint density at radius 1 is 1.46 bits per heavy atom. The highest BCUT2D eigenvalue weighted by Crippen LogP contribution is 2.23. The van der Waals surface area contributed by atoms with Gasteiger partial charge in [0.05, 0.1) is 23.2 Å². The molecular formula is C14H12N4O5S. The Balaban J connectivity index is 2.11. The summed E-state index contributed by atoms with van der Waals surface area (Å²) in [6.07, 6.45) is 2.38. The smallest absolute Gasteiger partial charge is 0.331 e. The van der Waals surface area contributed by atoms with Crippen LogP contribution in [0.2, 0.25) is 0 Å². The Bertz CT molecular complexity index is 800. The lowest BCUT2D eigenvalue weighted by atomic mass is 10.1. The average Bonchev–Trinajstić information content (AvgIpc) is 2.88. The molecule has 1 amide bonds. The predicted octanol–water partition coefficient (Wildman–Crippen LogP) is 1.51. The minimum absolute atomic E-state index is 0.0153. The van der Waals surface area contributed by atoms with Gasteiger partial charge in [-0.1, -0.05) is 12.1 Å². The standard InChI is InChI=1S/C14H12N4O5S/c1-8-3-4-9(5-10(8)18(21)22)7-15-17-14-16-13(20)11(24-14)6-12(19)23-2/h3-7H,1-2H3,(H,16,17,20)/b11-6+,15-7?. The minimum atomic E-state index is -0.649. The summed E-state index contributed by atoms with van der Waals surface area (Å²) in [5.41, 5.74) is 1.02. The molecule has 0 unspecified atom stereocenters. The zero-order valence-electron chi connectivity index (χ0n) is 12.7. The second-order valence-corrected chi connectivity index (χ2v) is 5.57. The molecule has 0 saturated carbocycles. The van der Waals surface area contributed by atoms with Crippen LogP contribution >= 0.6 is 11.8 Å².